The van der Waals surface area contributed by atoms with Gasteiger partial charge in [0.2, 0.25) is 16.9 Å². The Morgan fingerprint density at radius 1 is 1.21 bits per heavy atom. The number of rotatable bonds is 7. The van der Waals surface area contributed by atoms with Gasteiger partial charge in [0.05, 0.1) is 13.0 Å². The first-order valence-corrected chi connectivity index (χ1v) is 11.0. The summed E-state index contributed by atoms with van der Waals surface area (Å²) in [6, 6.07) is 8.29. The number of nitrogens with one attached hydrogen (secondary N) is 1. The van der Waals surface area contributed by atoms with E-state index in [1.807, 2.05) is 29.2 Å². The van der Waals surface area contributed by atoms with Gasteiger partial charge in [-0.3, -0.25) is 9.59 Å². The van der Waals surface area contributed by atoms with Crippen LogP contribution in [0.15, 0.2) is 24.3 Å². The van der Waals surface area contributed by atoms with Crippen LogP contribution in [-0.4, -0.2) is 46.6 Å². The van der Waals surface area contributed by atoms with Crippen LogP contribution in [0.5, 0.6) is 5.75 Å². The van der Waals surface area contributed by atoms with Gasteiger partial charge in [0, 0.05) is 25.4 Å². The van der Waals surface area contributed by atoms with E-state index < -0.39 is 0 Å². The van der Waals surface area contributed by atoms with Crippen molar-refractivity contribution in [1.82, 2.24) is 15.1 Å². The van der Waals surface area contributed by atoms with Gasteiger partial charge in [-0.2, -0.15) is 0 Å². The first-order valence-electron chi connectivity index (χ1n) is 10.2. The number of benzene rings is 1. The maximum atomic E-state index is 12.6. The van der Waals surface area contributed by atoms with Crippen LogP contribution in [0.1, 0.15) is 42.7 Å². The van der Waals surface area contributed by atoms with Gasteiger partial charge in [-0.05, 0) is 37.0 Å². The van der Waals surface area contributed by atoms with Crippen LogP contribution < -0.4 is 10.1 Å². The number of amides is 2. The third kappa shape index (κ3) is 4.75. The van der Waals surface area contributed by atoms with Crippen molar-refractivity contribution >= 4 is 28.3 Å². The lowest BCUT2D eigenvalue weighted by atomic mass is 10.1. The van der Waals surface area contributed by atoms with E-state index in [9.17, 15) is 9.59 Å². The van der Waals surface area contributed by atoms with Crippen LogP contribution in [0, 0.1) is 5.92 Å². The zero-order chi connectivity index (χ0) is 20.2. The summed E-state index contributed by atoms with van der Waals surface area (Å²) < 4.78 is 5.17. The molecule has 0 radical (unpaired) electrons. The number of carbonyl (C=O) groups excluding carboxylic acids is 2. The fraction of sp³-hybridized carbons (Fsp3) is 0.524. The Bertz CT molecular complexity index is 861. The average molecular weight is 415 g/mol. The molecule has 1 N–H and O–H groups in total. The molecule has 8 heteroatoms. The first-order chi connectivity index (χ1) is 14.1. The second kappa shape index (κ2) is 8.90. The normalized spacial score (nSPS) is 19.7. The maximum absolute atomic E-state index is 12.6. The summed E-state index contributed by atoms with van der Waals surface area (Å²) in [6.45, 7) is 0.526. The summed E-state index contributed by atoms with van der Waals surface area (Å²) in [5.41, 5.74) is 1.20. The number of nitrogens with zero attached hydrogens (tertiary/aromatic N) is 3. The van der Waals surface area contributed by atoms with Crippen molar-refractivity contribution in [3.8, 4) is 5.75 Å². The minimum atomic E-state index is -0.297. The number of aromatic nitrogens is 2. The van der Waals surface area contributed by atoms with Crippen molar-refractivity contribution in [2.24, 2.45) is 5.92 Å². The third-order valence-corrected chi connectivity index (χ3v) is 6.68. The Morgan fingerprint density at radius 2 is 1.97 bits per heavy atom. The van der Waals surface area contributed by atoms with E-state index in [2.05, 4.69) is 15.5 Å². The molecule has 7 nitrogen and oxygen atoms in total. The van der Waals surface area contributed by atoms with Crippen molar-refractivity contribution in [3.63, 3.8) is 0 Å². The molecule has 0 spiro atoms. The number of aryl methyl sites for hydroxylation is 2. The van der Waals surface area contributed by atoms with Crippen molar-refractivity contribution in [2.75, 3.05) is 19.0 Å². The number of anilines is 1. The largest absolute Gasteiger partial charge is 0.497 e. The highest BCUT2D eigenvalue weighted by molar-refractivity contribution is 7.15. The Labute approximate surface area is 174 Å². The molecule has 1 aromatic carbocycles. The van der Waals surface area contributed by atoms with E-state index in [-0.39, 0.29) is 17.7 Å². The lowest BCUT2D eigenvalue weighted by Gasteiger charge is -2.23. The number of ether oxygens (including phenoxy) is 1. The molecule has 29 heavy (non-hydrogen) atoms. The van der Waals surface area contributed by atoms with Crippen LogP contribution in [0.2, 0.25) is 0 Å². The zero-order valence-electron chi connectivity index (χ0n) is 16.6. The Morgan fingerprint density at radius 3 is 2.69 bits per heavy atom. The fourth-order valence-corrected chi connectivity index (χ4v) is 4.87. The zero-order valence-corrected chi connectivity index (χ0v) is 17.4. The van der Waals surface area contributed by atoms with E-state index in [4.69, 9.17) is 4.74 Å². The molecule has 1 aromatic heterocycles. The Kier molecular flexibility index (Phi) is 6.08. The summed E-state index contributed by atoms with van der Waals surface area (Å²) in [6.07, 6.45) is 6.38. The summed E-state index contributed by atoms with van der Waals surface area (Å²) >= 11 is 1.40. The number of hydrogen-bond acceptors (Lipinski definition) is 6. The lowest BCUT2D eigenvalue weighted by molar-refractivity contribution is -0.129. The van der Waals surface area contributed by atoms with E-state index >= 15 is 0 Å². The van der Waals surface area contributed by atoms with Gasteiger partial charge in [-0.15, -0.1) is 10.2 Å². The topological polar surface area (TPSA) is 84.4 Å². The molecular formula is C21H26N4O3S. The molecule has 1 saturated heterocycles. The van der Waals surface area contributed by atoms with Crippen LogP contribution in [0.25, 0.3) is 0 Å². The molecule has 1 aliphatic heterocycles. The Balaban J connectivity index is 1.28. The monoisotopic (exact) mass is 414 g/mol. The molecule has 2 amide bonds. The van der Waals surface area contributed by atoms with Gasteiger partial charge in [-0.1, -0.05) is 36.3 Å². The summed E-state index contributed by atoms with van der Waals surface area (Å²) in [5.74, 6) is 0.521. The molecule has 2 fully saturated rings. The smallest absolute Gasteiger partial charge is 0.231 e. The van der Waals surface area contributed by atoms with Crippen molar-refractivity contribution < 1.29 is 14.3 Å². The number of hydrogen-bond donors (Lipinski definition) is 1. The second-order valence-electron chi connectivity index (χ2n) is 7.72. The molecule has 2 aliphatic rings. The van der Waals surface area contributed by atoms with Crippen LogP contribution in [0.3, 0.4) is 0 Å². The van der Waals surface area contributed by atoms with Crippen LogP contribution in [0.4, 0.5) is 5.13 Å². The molecule has 1 saturated carbocycles. The molecule has 154 valence electrons. The van der Waals surface area contributed by atoms with Crippen molar-refractivity contribution in [2.45, 2.75) is 51.0 Å². The molecule has 1 atom stereocenters. The maximum Gasteiger partial charge on any atom is 0.231 e. The van der Waals surface area contributed by atoms with Gasteiger partial charge >= 0.3 is 0 Å². The highest BCUT2D eigenvalue weighted by Crippen LogP contribution is 2.30. The SMILES string of the molecule is COc1ccc(CCc2nnc(NC(=O)C3CC(=O)N(C4CCCC4)C3)s2)cc1. The molecule has 1 unspecified atom stereocenters. The highest BCUT2D eigenvalue weighted by Gasteiger charge is 2.38. The standard InChI is InChI=1S/C21H26N4O3S/c1-28-17-9-6-14(7-10-17)8-11-18-23-24-21(29-18)22-20(27)15-12-19(26)25(13-15)16-4-2-3-5-16/h6-7,9-10,15-16H,2-5,8,11-13H2,1H3,(H,22,24,27). The first kappa shape index (κ1) is 19.8. The Hall–Kier alpha value is -2.48. The summed E-state index contributed by atoms with van der Waals surface area (Å²) in [5, 5.41) is 12.5. The molecule has 4 rings (SSSR count). The molecule has 2 aromatic rings. The quantitative estimate of drug-likeness (QED) is 0.753. The fourth-order valence-electron chi connectivity index (χ4n) is 4.13. The molecular weight excluding hydrogens is 388 g/mol. The van der Waals surface area contributed by atoms with Gasteiger partial charge in [0.25, 0.3) is 0 Å². The minimum absolute atomic E-state index is 0.106. The predicted molar refractivity (Wildman–Crippen MR) is 111 cm³/mol. The van der Waals surface area contributed by atoms with Crippen LogP contribution >= 0.6 is 11.3 Å². The molecule has 1 aliphatic carbocycles. The van der Waals surface area contributed by atoms with Crippen molar-refractivity contribution in [3.05, 3.63) is 34.8 Å². The van der Waals surface area contributed by atoms with E-state index in [0.29, 0.717) is 24.1 Å². The summed E-state index contributed by atoms with van der Waals surface area (Å²) in [7, 11) is 1.65. The molecule has 0 bridgehead atoms. The predicted octanol–water partition coefficient (Wildman–Crippen LogP) is 3.06. The van der Waals surface area contributed by atoms with E-state index in [1.165, 1.54) is 29.7 Å². The third-order valence-electron chi connectivity index (χ3n) is 5.78. The van der Waals surface area contributed by atoms with Crippen molar-refractivity contribution in [1.29, 1.82) is 0 Å². The van der Waals surface area contributed by atoms with Gasteiger partial charge in [-0.25, -0.2) is 0 Å². The average Bonchev–Trinajstić information content (AvgIpc) is 3.48. The number of likely N-dealkylation sites (tertiary alicyclic amines) is 1. The van der Waals surface area contributed by atoms with Gasteiger partial charge in [0.15, 0.2) is 0 Å². The van der Waals surface area contributed by atoms with E-state index in [1.54, 1.807) is 7.11 Å². The van der Waals surface area contributed by atoms with Gasteiger partial charge < -0.3 is 15.0 Å². The minimum Gasteiger partial charge on any atom is -0.497 e. The van der Waals surface area contributed by atoms with Crippen LogP contribution in [-0.2, 0) is 22.4 Å². The van der Waals surface area contributed by atoms with Gasteiger partial charge in [0.1, 0.15) is 10.8 Å². The summed E-state index contributed by atoms with van der Waals surface area (Å²) in [4.78, 5) is 26.8. The molecule has 2 heterocycles. The lowest BCUT2D eigenvalue weighted by Crippen LogP contribution is -2.35. The number of methoxy groups -OCH3 is 1. The second-order valence-corrected chi connectivity index (χ2v) is 8.79. The number of carbonyl (C=O) groups is 2. The highest BCUT2D eigenvalue weighted by atomic mass is 32.1. The van der Waals surface area contributed by atoms with E-state index in [0.717, 1.165) is 36.4 Å².